The molecule has 2 rings (SSSR count). The maximum absolute atomic E-state index is 10.9. The number of primary amides is 1. The van der Waals surface area contributed by atoms with E-state index in [4.69, 9.17) is 18.0 Å². The SMILES string of the molecule is NC(=O)c1ccc2c(=S)cc[nH]c2c1. The molecule has 0 aliphatic rings. The molecule has 3 N–H and O–H groups in total. The number of nitrogens with two attached hydrogens (primary N) is 1. The minimum absolute atomic E-state index is 0.435. The van der Waals surface area contributed by atoms with Gasteiger partial charge in [0.2, 0.25) is 5.91 Å². The van der Waals surface area contributed by atoms with E-state index in [1.54, 1.807) is 24.4 Å². The van der Waals surface area contributed by atoms with Crippen LogP contribution in [0.25, 0.3) is 10.9 Å². The topological polar surface area (TPSA) is 58.9 Å². The van der Waals surface area contributed by atoms with Gasteiger partial charge in [-0.05, 0) is 18.2 Å². The molecule has 14 heavy (non-hydrogen) atoms. The summed E-state index contributed by atoms with van der Waals surface area (Å²) < 4.78 is 0.759. The van der Waals surface area contributed by atoms with Gasteiger partial charge in [-0.2, -0.15) is 0 Å². The lowest BCUT2D eigenvalue weighted by Crippen LogP contribution is -2.10. The third kappa shape index (κ3) is 1.40. The molecular weight excluding hydrogens is 196 g/mol. The van der Waals surface area contributed by atoms with Crippen molar-refractivity contribution in [2.45, 2.75) is 0 Å². The van der Waals surface area contributed by atoms with Crippen molar-refractivity contribution in [3.05, 3.63) is 40.5 Å². The molecule has 0 radical (unpaired) electrons. The smallest absolute Gasteiger partial charge is 0.248 e. The predicted molar refractivity (Wildman–Crippen MR) is 57.7 cm³/mol. The lowest BCUT2D eigenvalue weighted by Gasteiger charge is -1.99. The third-order valence-electron chi connectivity index (χ3n) is 2.04. The van der Waals surface area contributed by atoms with Crippen molar-refractivity contribution in [2.75, 3.05) is 0 Å². The van der Waals surface area contributed by atoms with E-state index >= 15 is 0 Å². The van der Waals surface area contributed by atoms with Gasteiger partial charge in [-0.15, -0.1) is 0 Å². The molecule has 0 fully saturated rings. The summed E-state index contributed by atoms with van der Waals surface area (Å²) in [4.78, 5) is 13.9. The van der Waals surface area contributed by atoms with Gasteiger partial charge in [0.05, 0.1) is 0 Å². The van der Waals surface area contributed by atoms with Gasteiger partial charge in [-0.1, -0.05) is 18.3 Å². The Morgan fingerprint density at radius 3 is 2.86 bits per heavy atom. The van der Waals surface area contributed by atoms with Gasteiger partial charge in [0.1, 0.15) is 0 Å². The van der Waals surface area contributed by atoms with Crippen molar-refractivity contribution in [1.29, 1.82) is 0 Å². The van der Waals surface area contributed by atoms with Crippen molar-refractivity contribution in [2.24, 2.45) is 5.73 Å². The second-order valence-corrected chi connectivity index (χ2v) is 3.41. The zero-order chi connectivity index (χ0) is 10.1. The molecule has 0 spiro atoms. The van der Waals surface area contributed by atoms with E-state index in [1.165, 1.54) is 0 Å². The number of hydrogen-bond donors (Lipinski definition) is 2. The van der Waals surface area contributed by atoms with Gasteiger partial charge in [-0.3, -0.25) is 4.79 Å². The second-order valence-electron chi connectivity index (χ2n) is 2.97. The number of carbonyl (C=O) groups excluding carboxylic acids is 1. The number of pyridine rings is 1. The van der Waals surface area contributed by atoms with Crippen molar-refractivity contribution in [3.63, 3.8) is 0 Å². The van der Waals surface area contributed by atoms with Crippen LogP contribution in [0, 0.1) is 4.51 Å². The normalized spacial score (nSPS) is 10.3. The zero-order valence-electron chi connectivity index (χ0n) is 7.28. The van der Waals surface area contributed by atoms with E-state index in [2.05, 4.69) is 4.98 Å². The van der Waals surface area contributed by atoms with Crippen LogP contribution < -0.4 is 5.73 Å². The van der Waals surface area contributed by atoms with Crippen LogP contribution in [0.1, 0.15) is 10.4 Å². The monoisotopic (exact) mass is 204 g/mol. The first-order valence-electron chi connectivity index (χ1n) is 4.10. The van der Waals surface area contributed by atoms with E-state index in [0.717, 1.165) is 15.4 Å². The van der Waals surface area contributed by atoms with Crippen molar-refractivity contribution >= 4 is 29.0 Å². The van der Waals surface area contributed by atoms with Gasteiger partial charge < -0.3 is 10.7 Å². The number of amides is 1. The average molecular weight is 204 g/mol. The summed E-state index contributed by atoms with van der Waals surface area (Å²) in [5.74, 6) is -0.435. The minimum Gasteiger partial charge on any atom is -0.366 e. The number of nitrogens with one attached hydrogen (secondary N) is 1. The van der Waals surface area contributed by atoms with E-state index in [-0.39, 0.29) is 0 Å². The zero-order valence-corrected chi connectivity index (χ0v) is 8.10. The number of hydrogen-bond acceptors (Lipinski definition) is 2. The number of fused-ring (bicyclic) bond motifs is 1. The number of carbonyl (C=O) groups is 1. The molecule has 0 unspecified atom stereocenters. The fourth-order valence-electron chi connectivity index (χ4n) is 1.33. The molecule has 70 valence electrons. The number of benzene rings is 1. The quantitative estimate of drug-likeness (QED) is 0.698. The largest absolute Gasteiger partial charge is 0.366 e. The Morgan fingerprint density at radius 1 is 1.36 bits per heavy atom. The second kappa shape index (κ2) is 3.23. The van der Waals surface area contributed by atoms with E-state index in [1.807, 2.05) is 6.07 Å². The maximum atomic E-state index is 10.9. The third-order valence-corrected chi connectivity index (χ3v) is 2.40. The lowest BCUT2D eigenvalue weighted by atomic mass is 10.1. The molecular formula is C10H8N2OS. The van der Waals surface area contributed by atoms with Gasteiger partial charge in [0.15, 0.2) is 0 Å². The fourth-order valence-corrected chi connectivity index (χ4v) is 1.57. The minimum atomic E-state index is -0.435. The van der Waals surface area contributed by atoms with Gasteiger partial charge in [0.25, 0.3) is 0 Å². The molecule has 1 heterocycles. The number of rotatable bonds is 1. The molecule has 0 bridgehead atoms. The van der Waals surface area contributed by atoms with Crippen LogP contribution in [0.3, 0.4) is 0 Å². The van der Waals surface area contributed by atoms with Gasteiger partial charge >= 0.3 is 0 Å². The summed E-state index contributed by atoms with van der Waals surface area (Å²) in [7, 11) is 0. The Hall–Kier alpha value is -1.68. The molecule has 1 aromatic heterocycles. The molecule has 0 saturated heterocycles. The molecule has 4 heteroatoms. The Kier molecular flexibility index (Phi) is 2.05. The van der Waals surface area contributed by atoms with Crippen LogP contribution in [-0.4, -0.2) is 10.9 Å². The van der Waals surface area contributed by atoms with Crippen LogP contribution >= 0.6 is 12.2 Å². The van der Waals surface area contributed by atoms with Gasteiger partial charge in [-0.25, -0.2) is 0 Å². The van der Waals surface area contributed by atoms with Crippen LogP contribution in [0.5, 0.6) is 0 Å². The summed E-state index contributed by atoms with van der Waals surface area (Å²) in [5, 5.41) is 0.924. The molecule has 3 nitrogen and oxygen atoms in total. The lowest BCUT2D eigenvalue weighted by molar-refractivity contribution is 0.100. The summed E-state index contributed by atoms with van der Waals surface area (Å²) >= 11 is 5.13. The summed E-state index contributed by atoms with van der Waals surface area (Å²) in [6, 6.07) is 6.98. The molecule has 0 saturated carbocycles. The molecule has 1 aromatic carbocycles. The van der Waals surface area contributed by atoms with Crippen molar-refractivity contribution in [3.8, 4) is 0 Å². The van der Waals surface area contributed by atoms with Crippen LogP contribution in [0.2, 0.25) is 0 Å². The first-order valence-corrected chi connectivity index (χ1v) is 4.50. The van der Waals surface area contributed by atoms with E-state index in [0.29, 0.717) is 5.56 Å². The van der Waals surface area contributed by atoms with Crippen molar-refractivity contribution < 1.29 is 4.79 Å². The Labute approximate surface area is 85.6 Å². The summed E-state index contributed by atoms with van der Waals surface area (Å²) in [5.41, 5.74) is 6.47. The van der Waals surface area contributed by atoms with E-state index < -0.39 is 5.91 Å². The molecule has 1 amide bonds. The van der Waals surface area contributed by atoms with E-state index in [9.17, 15) is 4.79 Å². The fraction of sp³-hybridized carbons (Fsp3) is 0. The maximum Gasteiger partial charge on any atom is 0.248 e. The predicted octanol–water partition coefficient (Wildman–Crippen LogP) is 2.00. The Morgan fingerprint density at radius 2 is 2.14 bits per heavy atom. The summed E-state index contributed by atoms with van der Waals surface area (Å²) in [6.45, 7) is 0. The number of aromatic amines is 1. The standard InChI is InChI=1S/C10H8N2OS/c11-10(13)6-1-2-7-8(5-6)12-4-3-9(7)14/h1-5H,(H2,11,13)(H,12,14). The first-order chi connectivity index (χ1) is 6.68. The molecule has 0 aliphatic carbocycles. The molecule has 2 aromatic rings. The number of H-pyrrole nitrogens is 1. The highest BCUT2D eigenvalue weighted by Gasteiger charge is 2.01. The first kappa shape index (κ1) is 8.90. The highest BCUT2D eigenvalue weighted by atomic mass is 32.1. The average Bonchev–Trinajstić information content (AvgIpc) is 2.17. The number of aromatic nitrogens is 1. The highest BCUT2D eigenvalue weighted by molar-refractivity contribution is 7.71. The van der Waals surface area contributed by atoms with Gasteiger partial charge in [0, 0.05) is 27.2 Å². The van der Waals surface area contributed by atoms with Crippen molar-refractivity contribution in [1.82, 2.24) is 4.98 Å². The van der Waals surface area contributed by atoms with Crippen LogP contribution in [0.15, 0.2) is 30.5 Å². The highest BCUT2D eigenvalue weighted by Crippen LogP contribution is 2.14. The molecule has 0 aliphatic heterocycles. The van der Waals surface area contributed by atoms with Crippen LogP contribution in [-0.2, 0) is 0 Å². The summed E-state index contributed by atoms with van der Waals surface area (Å²) in [6.07, 6.45) is 1.75. The molecule has 0 atom stereocenters. The van der Waals surface area contributed by atoms with Crippen LogP contribution in [0.4, 0.5) is 0 Å². The Bertz CT molecular complexity index is 559. The Balaban J connectivity index is 2.80.